The molecule has 0 spiro atoms. The maximum atomic E-state index is 13.7. The minimum absolute atomic E-state index is 0.316. The summed E-state index contributed by atoms with van der Waals surface area (Å²) in [6.07, 6.45) is -4.37. The average Bonchev–Trinajstić information content (AvgIpc) is 2.60. The third-order valence-corrected chi connectivity index (χ3v) is 4.17. The minimum atomic E-state index is -4.69. The molecule has 0 bridgehead atoms. The van der Waals surface area contributed by atoms with Crippen molar-refractivity contribution in [3.63, 3.8) is 0 Å². The van der Waals surface area contributed by atoms with Gasteiger partial charge in [0, 0.05) is 0 Å². The highest BCUT2D eigenvalue weighted by atomic mass is 19.4. The van der Waals surface area contributed by atoms with Gasteiger partial charge >= 0.3 is 6.18 Å². The van der Waals surface area contributed by atoms with Gasteiger partial charge < -0.3 is 4.74 Å². The third-order valence-electron chi connectivity index (χ3n) is 4.17. The monoisotopic (exact) mass is 374 g/mol. The number of halogens is 4. The molecule has 1 nitrogen and oxygen atoms in total. The van der Waals surface area contributed by atoms with Crippen molar-refractivity contribution >= 4 is 0 Å². The summed E-state index contributed by atoms with van der Waals surface area (Å²) in [5, 5.41) is 0. The van der Waals surface area contributed by atoms with E-state index in [0.717, 1.165) is 23.3 Å². The van der Waals surface area contributed by atoms with Crippen molar-refractivity contribution in [3.8, 4) is 5.75 Å². The van der Waals surface area contributed by atoms with Crippen molar-refractivity contribution in [2.45, 2.75) is 26.1 Å². The van der Waals surface area contributed by atoms with E-state index in [-0.39, 0.29) is 0 Å². The van der Waals surface area contributed by atoms with Crippen LogP contribution in [0.3, 0.4) is 0 Å². The van der Waals surface area contributed by atoms with Gasteiger partial charge in [0.05, 0.1) is 5.56 Å². The number of hydrogen-bond donors (Lipinski definition) is 0. The van der Waals surface area contributed by atoms with Gasteiger partial charge in [-0.1, -0.05) is 48.0 Å². The molecule has 5 heteroatoms. The number of hydrogen-bond acceptors (Lipinski definition) is 1. The Morgan fingerprint density at radius 2 is 1.48 bits per heavy atom. The Morgan fingerprint density at radius 1 is 0.815 bits per heavy atom. The number of alkyl halides is 3. The summed E-state index contributed by atoms with van der Waals surface area (Å²) in [5.41, 5.74) is 2.26. The molecule has 27 heavy (non-hydrogen) atoms. The highest BCUT2D eigenvalue weighted by Crippen LogP contribution is 2.32. The molecular weight excluding hydrogens is 356 g/mol. The molecule has 0 atom stereocenters. The molecule has 0 N–H and O–H groups in total. The molecule has 0 radical (unpaired) electrons. The molecule has 0 unspecified atom stereocenters. The van der Waals surface area contributed by atoms with E-state index in [4.69, 9.17) is 4.74 Å². The smallest absolute Gasteiger partial charge is 0.419 e. The van der Waals surface area contributed by atoms with E-state index in [2.05, 4.69) is 0 Å². The van der Waals surface area contributed by atoms with E-state index in [1.54, 1.807) is 6.07 Å². The zero-order chi connectivity index (χ0) is 19.4. The SMILES string of the molecule is Cc1ccc(COc2cccc(Cc3ccc(C(F)(F)F)c(F)c3)c2)cc1. The summed E-state index contributed by atoms with van der Waals surface area (Å²) < 4.78 is 57.4. The number of aryl methyl sites for hydroxylation is 1. The Balaban J connectivity index is 1.68. The first-order valence-electron chi connectivity index (χ1n) is 8.44. The summed E-state index contributed by atoms with van der Waals surface area (Å²) in [5.74, 6) is -0.604. The van der Waals surface area contributed by atoms with Gasteiger partial charge in [-0.15, -0.1) is 0 Å². The summed E-state index contributed by atoms with van der Waals surface area (Å²) >= 11 is 0. The summed E-state index contributed by atoms with van der Waals surface area (Å²) in [4.78, 5) is 0. The fraction of sp³-hybridized carbons (Fsp3) is 0.182. The van der Waals surface area contributed by atoms with Crippen molar-refractivity contribution < 1.29 is 22.3 Å². The summed E-state index contributed by atoms with van der Waals surface area (Å²) in [6, 6.07) is 18.3. The van der Waals surface area contributed by atoms with Crippen molar-refractivity contribution in [2.24, 2.45) is 0 Å². The summed E-state index contributed by atoms with van der Waals surface area (Å²) in [7, 11) is 0. The van der Waals surface area contributed by atoms with Crippen LogP contribution in [0.5, 0.6) is 5.75 Å². The van der Waals surface area contributed by atoms with Crippen LogP contribution in [0, 0.1) is 12.7 Å². The van der Waals surface area contributed by atoms with Gasteiger partial charge in [-0.2, -0.15) is 13.2 Å². The Kier molecular flexibility index (Phi) is 5.49. The van der Waals surface area contributed by atoms with Crippen LogP contribution in [0.25, 0.3) is 0 Å². The first kappa shape index (κ1) is 19.0. The van der Waals surface area contributed by atoms with E-state index in [9.17, 15) is 17.6 Å². The molecule has 0 amide bonds. The predicted octanol–water partition coefficient (Wildman–Crippen LogP) is 6.32. The Bertz CT molecular complexity index is 914. The van der Waals surface area contributed by atoms with Crippen LogP contribution in [0.15, 0.2) is 66.7 Å². The van der Waals surface area contributed by atoms with E-state index >= 15 is 0 Å². The highest BCUT2D eigenvalue weighted by molar-refractivity contribution is 5.35. The molecular formula is C22H18F4O. The second-order valence-electron chi connectivity index (χ2n) is 6.41. The number of rotatable bonds is 5. The molecule has 0 heterocycles. The second kappa shape index (κ2) is 7.82. The lowest BCUT2D eigenvalue weighted by Crippen LogP contribution is -2.08. The fourth-order valence-corrected chi connectivity index (χ4v) is 2.73. The van der Waals surface area contributed by atoms with Crippen LogP contribution >= 0.6 is 0 Å². The highest BCUT2D eigenvalue weighted by Gasteiger charge is 2.33. The van der Waals surface area contributed by atoms with E-state index in [1.807, 2.05) is 49.4 Å². The number of ether oxygens (including phenoxy) is 1. The van der Waals surface area contributed by atoms with Crippen LogP contribution in [-0.4, -0.2) is 0 Å². The number of benzene rings is 3. The maximum Gasteiger partial charge on any atom is 0.419 e. The van der Waals surface area contributed by atoms with Gasteiger partial charge in [-0.25, -0.2) is 4.39 Å². The van der Waals surface area contributed by atoms with Crippen molar-refractivity contribution in [1.82, 2.24) is 0 Å². The normalized spacial score (nSPS) is 11.4. The molecule has 140 valence electrons. The quantitative estimate of drug-likeness (QED) is 0.475. The second-order valence-corrected chi connectivity index (χ2v) is 6.41. The van der Waals surface area contributed by atoms with Crippen LogP contribution in [0.4, 0.5) is 17.6 Å². The standard InChI is InChI=1S/C22H18F4O/c1-15-5-7-16(8-6-15)14-27-19-4-2-3-17(12-19)11-18-9-10-20(21(23)13-18)22(24,25)26/h2-10,12-13H,11,14H2,1H3. The maximum absolute atomic E-state index is 13.7. The van der Waals surface area contributed by atoms with Gasteiger partial charge in [0.2, 0.25) is 0 Å². The molecule has 0 saturated carbocycles. The van der Waals surface area contributed by atoms with Crippen LogP contribution in [-0.2, 0) is 19.2 Å². The van der Waals surface area contributed by atoms with Crippen LogP contribution in [0.2, 0.25) is 0 Å². The third kappa shape index (κ3) is 5.09. The molecule has 0 saturated heterocycles. The van der Waals surface area contributed by atoms with Gasteiger partial charge in [0.25, 0.3) is 0 Å². The Labute approximate surface area is 155 Å². The molecule has 3 aromatic carbocycles. The van der Waals surface area contributed by atoms with Crippen molar-refractivity contribution in [2.75, 3.05) is 0 Å². The molecule has 0 aliphatic heterocycles. The Hall–Kier alpha value is -2.82. The van der Waals surface area contributed by atoms with Crippen molar-refractivity contribution in [3.05, 3.63) is 100 Å². The Morgan fingerprint density at radius 3 is 2.15 bits per heavy atom. The summed E-state index contributed by atoms with van der Waals surface area (Å²) in [6.45, 7) is 2.43. The lowest BCUT2D eigenvalue weighted by molar-refractivity contribution is -0.140. The van der Waals surface area contributed by atoms with Crippen LogP contribution < -0.4 is 4.74 Å². The van der Waals surface area contributed by atoms with Crippen molar-refractivity contribution in [1.29, 1.82) is 0 Å². The minimum Gasteiger partial charge on any atom is -0.489 e. The lowest BCUT2D eigenvalue weighted by Gasteiger charge is -2.11. The average molecular weight is 374 g/mol. The van der Waals surface area contributed by atoms with E-state index in [0.29, 0.717) is 24.3 Å². The molecule has 0 aromatic heterocycles. The topological polar surface area (TPSA) is 9.23 Å². The van der Waals surface area contributed by atoms with Gasteiger partial charge in [0.1, 0.15) is 18.2 Å². The molecule has 0 aliphatic carbocycles. The van der Waals surface area contributed by atoms with Gasteiger partial charge in [-0.3, -0.25) is 0 Å². The first-order chi connectivity index (χ1) is 12.8. The van der Waals surface area contributed by atoms with Crippen LogP contribution in [0.1, 0.15) is 27.8 Å². The predicted molar refractivity (Wildman–Crippen MR) is 96.2 cm³/mol. The van der Waals surface area contributed by atoms with Gasteiger partial charge in [-0.05, 0) is 54.3 Å². The molecule has 3 aromatic rings. The largest absolute Gasteiger partial charge is 0.489 e. The molecule has 0 fully saturated rings. The molecule has 0 aliphatic rings. The zero-order valence-corrected chi connectivity index (χ0v) is 14.7. The first-order valence-corrected chi connectivity index (χ1v) is 8.44. The van der Waals surface area contributed by atoms with Gasteiger partial charge in [0.15, 0.2) is 0 Å². The zero-order valence-electron chi connectivity index (χ0n) is 14.7. The van der Waals surface area contributed by atoms with E-state index < -0.39 is 17.6 Å². The lowest BCUT2D eigenvalue weighted by atomic mass is 10.0. The molecule has 3 rings (SSSR count). The fourth-order valence-electron chi connectivity index (χ4n) is 2.73. The van der Waals surface area contributed by atoms with E-state index in [1.165, 1.54) is 11.6 Å².